The molecule has 0 radical (unpaired) electrons. The minimum absolute atomic E-state index is 0.198. The van der Waals surface area contributed by atoms with Crippen LogP contribution in [-0.4, -0.2) is 29.3 Å². The number of nitrogens with zero attached hydrogens (tertiary/aromatic N) is 1. The molecule has 3 rings (SSSR count). The summed E-state index contributed by atoms with van der Waals surface area (Å²) in [4.78, 5) is 24.7. The second-order valence-corrected chi connectivity index (χ2v) is 7.70. The molecule has 172 valence electrons. The van der Waals surface area contributed by atoms with Gasteiger partial charge < -0.3 is 9.47 Å². The fourth-order valence-electron chi connectivity index (χ4n) is 3.03. The van der Waals surface area contributed by atoms with Crippen LogP contribution in [0.1, 0.15) is 50.5 Å². The lowest BCUT2D eigenvalue weighted by Gasteiger charge is -2.19. The summed E-state index contributed by atoms with van der Waals surface area (Å²) in [5, 5.41) is 0.493. The van der Waals surface area contributed by atoms with Gasteiger partial charge in [-0.15, -0.1) is 0 Å². The van der Waals surface area contributed by atoms with Gasteiger partial charge in [-0.1, -0.05) is 32.0 Å². The van der Waals surface area contributed by atoms with Crippen LogP contribution in [0.3, 0.4) is 0 Å². The van der Waals surface area contributed by atoms with Gasteiger partial charge in [0.2, 0.25) is 0 Å². The summed E-state index contributed by atoms with van der Waals surface area (Å²) in [6.45, 7) is 9.10. The fourth-order valence-corrected chi connectivity index (χ4v) is 3.03. The number of benzene rings is 2. The number of methoxy groups -OCH3 is 1. The number of halogens is 3. The molecule has 2 aromatic carbocycles. The van der Waals surface area contributed by atoms with Crippen molar-refractivity contribution >= 4 is 23.0 Å². The molecule has 0 fully saturated rings. The first-order chi connectivity index (χ1) is 14.9. The molecule has 5 nitrogen and oxygen atoms in total. The van der Waals surface area contributed by atoms with Crippen molar-refractivity contribution < 1.29 is 32.2 Å². The SMILES string of the molecule is CC.COC(=O)c1ccc2c(-c3cccc(C(F)(F)F)c3)cn(C(=O)OC(C)(C)C)c2c1. The van der Waals surface area contributed by atoms with E-state index in [0.717, 1.165) is 12.1 Å². The lowest BCUT2D eigenvalue weighted by atomic mass is 10.0. The highest BCUT2D eigenvalue weighted by atomic mass is 19.4. The van der Waals surface area contributed by atoms with Crippen molar-refractivity contribution in [1.82, 2.24) is 4.57 Å². The van der Waals surface area contributed by atoms with Crippen LogP contribution in [0.5, 0.6) is 0 Å². The molecule has 0 spiro atoms. The summed E-state index contributed by atoms with van der Waals surface area (Å²) in [5.74, 6) is -0.602. The Kier molecular flexibility index (Phi) is 7.38. The number of hydrogen-bond donors (Lipinski definition) is 0. The van der Waals surface area contributed by atoms with Gasteiger partial charge in [-0.3, -0.25) is 4.57 Å². The average molecular weight is 449 g/mol. The molecule has 0 aliphatic carbocycles. The molecular formula is C24H26F3NO4. The molecule has 1 heterocycles. The van der Waals surface area contributed by atoms with Crippen molar-refractivity contribution in [2.75, 3.05) is 7.11 Å². The highest BCUT2D eigenvalue weighted by molar-refractivity contribution is 6.03. The van der Waals surface area contributed by atoms with Gasteiger partial charge >= 0.3 is 18.2 Å². The van der Waals surface area contributed by atoms with E-state index < -0.39 is 29.4 Å². The van der Waals surface area contributed by atoms with Crippen molar-refractivity contribution in [3.63, 3.8) is 0 Å². The summed E-state index contributed by atoms with van der Waals surface area (Å²) in [7, 11) is 1.23. The predicted octanol–water partition coefficient (Wildman–Crippen LogP) is 6.92. The Labute approximate surface area is 184 Å². The normalized spacial score (nSPS) is 11.5. The Morgan fingerprint density at radius 2 is 1.62 bits per heavy atom. The monoisotopic (exact) mass is 449 g/mol. The average Bonchev–Trinajstić information content (AvgIpc) is 3.12. The first-order valence-electron chi connectivity index (χ1n) is 10.0. The molecule has 0 aliphatic heterocycles. The highest BCUT2D eigenvalue weighted by Gasteiger charge is 2.31. The molecule has 0 atom stereocenters. The molecule has 32 heavy (non-hydrogen) atoms. The quantitative estimate of drug-likeness (QED) is 0.398. The van der Waals surface area contributed by atoms with Crippen molar-refractivity contribution in [3.05, 3.63) is 59.8 Å². The molecule has 0 saturated heterocycles. The lowest BCUT2D eigenvalue weighted by molar-refractivity contribution is -0.137. The van der Waals surface area contributed by atoms with E-state index in [1.165, 1.54) is 42.1 Å². The zero-order chi connectivity index (χ0) is 24.3. The standard InChI is InChI=1S/C22H20F3NO4.C2H6/c1-21(2,3)30-20(28)26-12-17(13-6-5-7-15(10-13)22(23,24)25)16-9-8-14(11-18(16)26)19(27)29-4;1-2/h5-12H,1-4H3;1-2H3. The Balaban J connectivity index is 0.00000176. The number of ether oxygens (including phenoxy) is 2. The molecule has 0 saturated carbocycles. The summed E-state index contributed by atoms with van der Waals surface area (Å²) in [6, 6.07) is 9.33. The van der Waals surface area contributed by atoms with E-state index in [9.17, 15) is 22.8 Å². The zero-order valence-corrected chi connectivity index (χ0v) is 18.8. The lowest BCUT2D eigenvalue weighted by Crippen LogP contribution is -2.26. The van der Waals surface area contributed by atoms with Crippen LogP contribution in [0.25, 0.3) is 22.0 Å². The van der Waals surface area contributed by atoms with Crippen LogP contribution in [0.15, 0.2) is 48.7 Å². The molecule has 0 bridgehead atoms. The molecule has 0 N–H and O–H groups in total. The van der Waals surface area contributed by atoms with Gasteiger partial charge in [0.25, 0.3) is 0 Å². The summed E-state index contributed by atoms with van der Waals surface area (Å²) < 4.78 is 50.8. The number of carbonyl (C=O) groups is 2. The van der Waals surface area contributed by atoms with E-state index in [4.69, 9.17) is 9.47 Å². The first-order valence-corrected chi connectivity index (χ1v) is 10.0. The number of rotatable bonds is 2. The van der Waals surface area contributed by atoms with Crippen molar-refractivity contribution in [2.24, 2.45) is 0 Å². The van der Waals surface area contributed by atoms with E-state index in [1.54, 1.807) is 26.8 Å². The second kappa shape index (κ2) is 9.46. The van der Waals surface area contributed by atoms with E-state index >= 15 is 0 Å². The maximum atomic E-state index is 13.2. The van der Waals surface area contributed by atoms with Crippen LogP contribution >= 0.6 is 0 Å². The van der Waals surface area contributed by atoms with E-state index in [-0.39, 0.29) is 11.1 Å². The van der Waals surface area contributed by atoms with Gasteiger partial charge in [-0.2, -0.15) is 13.2 Å². The Morgan fingerprint density at radius 1 is 0.969 bits per heavy atom. The molecule has 0 unspecified atom stereocenters. The summed E-state index contributed by atoms with van der Waals surface area (Å²) >= 11 is 0. The number of esters is 1. The van der Waals surface area contributed by atoms with E-state index in [0.29, 0.717) is 16.5 Å². The third-order valence-electron chi connectivity index (χ3n) is 4.32. The van der Waals surface area contributed by atoms with Crippen molar-refractivity contribution in [1.29, 1.82) is 0 Å². The maximum absolute atomic E-state index is 13.2. The van der Waals surface area contributed by atoms with Crippen molar-refractivity contribution in [3.8, 4) is 11.1 Å². The Bertz CT molecular complexity index is 1120. The van der Waals surface area contributed by atoms with Crippen molar-refractivity contribution in [2.45, 2.75) is 46.4 Å². The molecule has 3 aromatic rings. The van der Waals surface area contributed by atoms with Gasteiger partial charge in [-0.05, 0) is 50.6 Å². The van der Waals surface area contributed by atoms with Crippen LogP contribution < -0.4 is 0 Å². The summed E-state index contributed by atoms with van der Waals surface area (Å²) in [5.41, 5.74) is -0.391. The Morgan fingerprint density at radius 3 is 2.19 bits per heavy atom. The van der Waals surface area contributed by atoms with Gasteiger partial charge in [0, 0.05) is 17.1 Å². The molecule has 0 amide bonds. The summed E-state index contributed by atoms with van der Waals surface area (Å²) in [6.07, 6.45) is -3.81. The topological polar surface area (TPSA) is 57.5 Å². The van der Waals surface area contributed by atoms with Crippen LogP contribution in [0, 0.1) is 0 Å². The van der Waals surface area contributed by atoms with Gasteiger partial charge in [0.05, 0.1) is 23.8 Å². The number of alkyl halides is 3. The maximum Gasteiger partial charge on any atom is 0.419 e. The van der Waals surface area contributed by atoms with Crippen LogP contribution in [0.2, 0.25) is 0 Å². The fraction of sp³-hybridized carbons (Fsp3) is 0.333. The van der Waals surface area contributed by atoms with Gasteiger partial charge in [0.15, 0.2) is 0 Å². The predicted molar refractivity (Wildman–Crippen MR) is 117 cm³/mol. The molecule has 1 aromatic heterocycles. The minimum atomic E-state index is -4.50. The smallest absolute Gasteiger partial charge is 0.419 e. The largest absolute Gasteiger partial charge is 0.465 e. The van der Waals surface area contributed by atoms with Gasteiger partial charge in [-0.25, -0.2) is 9.59 Å². The van der Waals surface area contributed by atoms with Crippen LogP contribution in [-0.2, 0) is 15.7 Å². The van der Waals surface area contributed by atoms with Gasteiger partial charge in [0.1, 0.15) is 5.60 Å². The third kappa shape index (κ3) is 5.49. The number of aromatic nitrogens is 1. The number of fused-ring (bicyclic) bond motifs is 1. The first kappa shape index (κ1) is 25.0. The highest BCUT2D eigenvalue weighted by Crippen LogP contribution is 2.36. The molecular weight excluding hydrogens is 423 g/mol. The second-order valence-electron chi connectivity index (χ2n) is 7.70. The Hall–Kier alpha value is -3.29. The van der Waals surface area contributed by atoms with E-state index in [2.05, 4.69) is 0 Å². The number of carbonyl (C=O) groups excluding carboxylic acids is 2. The molecule has 0 aliphatic rings. The minimum Gasteiger partial charge on any atom is -0.465 e. The zero-order valence-electron chi connectivity index (χ0n) is 18.8. The van der Waals surface area contributed by atoms with Crippen LogP contribution in [0.4, 0.5) is 18.0 Å². The van der Waals surface area contributed by atoms with E-state index in [1.807, 2.05) is 13.8 Å². The number of hydrogen-bond acceptors (Lipinski definition) is 4. The molecule has 8 heteroatoms. The third-order valence-corrected chi connectivity index (χ3v) is 4.32.